The number of hydrogen-bond acceptors (Lipinski definition) is 2. The molecule has 1 aromatic heterocycles. The summed E-state index contributed by atoms with van der Waals surface area (Å²) in [5.41, 5.74) is 2.96. The van der Waals surface area contributed by atoms with Crippen molar-refractivity contribution in [3.05, 3.63) is 54.1 Å². The Morgan fingerprint density at radius 2 is 2.14 bits per heavy atom. The van der Waals surface area contributed by atoms with Gasteiger partial charge in [-0.15, -0.1) is 0 Å². The van der Waals surface area contributed by atoms with Crippen molar-refractivity contribution in [2.75, 3.05) is 0 Å². The summed E-state index contributed by atoms with van der Waals surface area (Å²) in [5, 5.41) is 3.77. The Hall–Kier alpha value is -1.61. The molecule has 1 aromatic carbocycles. The largest absolute Gasteiger partial charge is 0.333 e. The number of aromatic nitrogens is 2. The van der Waals surface area contributed by atoms with E-state index in [1.807, 2.05) is 12.5 Å². The van der Waals surface area contributed by atoms with Gasteiger partial charge in [0.15, 0.2) is 0 Å². The monoisotopic (exact) mass is 281 g/mol. The van der Waals surface area contributed by atoms with E-state index < -0.39 is 0 Å². The summed E-state index contributed by atoms with van der Waals surface area (Å²) in [6.45, 7) is 0.983. The van der Waals surface area contributed by atoms with Gasteiger partial charge in [-0.1, -0.05) is 24.3 Å². The summed E-state index contributed by atoms with van der Waals surface area (Å²) in [7, 11) is 0. The number of hydrogen-bond donors (Lipinski definition) is 1. The summed E-state index contributed by atoms with van der Waals surface area (Å²) in [6, 6.07) is 10.3. The zero-order valence-electron chi connectivity index (χ0n) is 12.4. The van der Waals surface area contributed by atoms with Crippen molar-refractivity contribution in [1.82, 2.24) is 14.9 Å². The Morgan fingerprint density at radius 3 is 2.95 bits per heavy atom. The van der Waals surface area contributed by atoms with Gasteiger partial charge >= 0.3 is 0 Å². The Labute approximate surface area is 126 Å². The van der Waals surface area contributed by atoms with E-state index in [2.05, 4.69) is 45.3 Å². The highest BCUT2D eigenvalue weighted by Crippen LogP contribution is 2.40. The van der Waals surface area contributed by atoms with Gasteiger partial charge in [0.25, 0.3) is 0 Å². The Morgan fingerprint density at radius 1 is 1.19 bits per heavy atom. The topological polar surface area (TPSA) is 29.9 Å². The Balaban J connectivity index is 1.40. The number of nitrogens with zero attached hydrogens (tertiary/aromatic N) is 2. The van der Waals surface area contributed by atoms with Crippen molar-refractivity contribution >= 4 is 0 Å². The molecule has 0 aliphatic heterocycles. The predicted octanol–water partition coefficient (Wildman–Crippen LogP) is 3.64. The molecule has 2 aliphatic carbocycles. The quantitative estimate of drug-likeness (QED) is 0.906. The minimum absolute atomic E-state index is 0.569. The molecule has 0 spiro atoms. The van der Waals surface area contributed by atoms with Crippen LogP contribution >= 0.6 is 0 Å². The molecule has 2 atom stereocenters. The molecule has 0 bridgehead atoms. The first kappa shape index (κ1) is 13.1. The molecule has 3 heteroatoms. The summed E-state index contributed by atoms with van der Waals surface area (Å²) in [6.07, 6.45) is 12.5. The zero-order valence-corrected chi connectivity index (χ0v) is 12.4. The highest BCUT2D eigenvalue weighted by molar-refractivity contribution is 5.29. The summed E-state index contributed by atoms with van der Waals surface area (Å²) in [4.78, 5) is 4.19. The van der Waals surface area contributed by atoms with Gasteiger partial charge in [-0.2, -0.15) is 0 Å². The lowest BCUT2D eigenvalue weighted by molar-refractivity contribution is 0.390. The van der Waals surface area contributed by atoms with Gasteiger partial charge < -0.3 is 9.88 Å². The van der Waals surface area contributed by atoms with Gasteiger partial charge in [0, 0.05) is 31.0 Å². The minimum Gasteiger partial charge on any atom is -0.333 e. The van der Waals surface area contributed by atoms with Crippen molar-refractivity contribution in [2.24, 2.45) is 0 Å². The van der Waals surface area contributed by atoms with E-state index in [0.717, 1.165) is 12.5 Å². The first-order chi connectivity index (χ1) is 10.4. The highest BCUT2D eigenvalue weighted by atomic mass is 15.1. The van der Waals surface area contributed by atoms with E-state index in [-0.39, 0.29) is 0 Å². The molecule has 2 aliphatic rings. The van der Waals surface area contributed by atoms with Crippen LogP contribution in [0.5, 0.6) is 0 Å². The number of nitrogens with one attached hydrogen (secondary N) is 1. The maximum atomic E-state index is 4.19. The first-order valence-corrected chi connectivity index (χ1v) is 8.20. The number of rotatable bonds is 5. The maximum absolute atomic E-state index is 4.19. The molecular weight excluding hydrogens is 258 g/mol. The second-order valence-corrected chi connectivity index (χ2v) is 6.51. The molecule has 4 rings (SSSR count). The van der Waals surface area contributed by atoms with E-state index in [0.29, 0.717) is 12.1 Å². The third-order valence-corrected chi connectivity index (χ3v) is 4.96. The minimum atomic E-state index is 0.569. The van der Waals surface area contributed by atoms with Gasteiger partial charge in [0.05, 0.1) is 6.33 Å². The zero-order chi connectivity index (χ0) is 14.1. The Bertz CT molecular complexity index is 586. The second kappa shape index (κ2) is 5.64. The number of imidazole rings is 1. The first-order valence-electron chi connectivity index (χ1n) is 8.20. The van der Waals surface area contributed by atoms with Crippen LogP contribution < -0.4 is 5.32 Å². The van der Waals surface area contributed by atoms with Crippen molar-refractivity contribution < 1.29 is 0 Å². The predicted molar refractivity (Wildman–Crippen MR) is 84.2 cm³/mol. The molecule has 2 unspecified atom stereocenters. The molecule has 1 N–H and O–H groups in total. The van der Waals surface area contributed by atoms with Crippen LogP contribution in [0, 0.1) is 0 Å². The lowest BCUT2D eigenvalue weighted by atomic mass is 10.1. The van der Waals surface area contributed by atoms with Crippen molar-refractivity contribution in [2.45, 2.75) is 56.7 Å². The van der Waals surface area contributed by atoms with Gasteiger partial charge in [-0.3, -0.25) is 0 Å². The molecule has 2 saturated carbocycles. The molecule has 0 saturated heterocycles. The van der Waals surface area contributed by atoms with Gasteiger partial charge in [0.1, 0.15) is 0 Å². The third kappa shape index (κ3) is 2.88. The van der Waals surface area contributed by atoms with E-state index in [1.54, 1.807) is 0 Å². The van der Waals surface area contributed by atoms with Crippen LogP contribution in [0.25, 0.3) is 0 Å². The van der Waals surface area contributed by atoms with Crippen LogP contribution in [-0.4, -0.2) is 15.6 Å². The third-order valence-electron chi connectivity index (χ3n) is 4.96. The standard InChI is InChI=1S/C18H23N3/c1-3-14(11-16(4-1)15-7-8-15)12-20-17-5-2-6-18(17)21-10-9-19-13-21/h1,3-4,9-11,13,15,17-18,20H,2,5-8,12H2. The van der Waals surface area contributed by atoms with Gasteiger partial charge in [0.2, 0.25) is 0 Å². The normalized spacial score (nSPS) is 25.3. The molecule has 2 fully saturated rings. The molecule has 110 valence electrons. The van der Waals surface area contributed by atoms with Crippen LogP contribution in [0.3, 0.4) is 0 Å². The maximum Gasteiger partial charge on any atom is 0.0949 e. The van der Waals surface area contributed by atoms with E-state index >= 15 is 0 Å². The average Bonchev–Trinajstić information content (AvgIpc) is 3.03. The lowest BCUT2D eigenvalue weighted by Crippen LogP contribution is -2.33. The van der Waals surface area contributed by atoms with Crippen molar-refractivity contribution in [3.8, 4) is 0 Å². The van der Waals surface area contributed by atoms with E-state index in [9.17, 15) is 0 Å². The van der Waals surface area contributed by atoms with Crippen LogP contribution in [0.2, 0.25) is 0 Å². The molecule has 21 heavy (non-hydrogen) atoms. The highest BCUT2D eigenvalue weighted by Gasteiger charge is 2.28. The van der Waals surface area contributed by atoms with Gasteiger partial charge in [-0.25, -0.2) is 4.98 Å². The van der Waals surface area contributed by atoms with E-state index in [1.165, 1.54) is 43.2 Å². The SMILES string of the molecule is c1cc(CNC2CCCC2n2ccnc2)cc(C2CC2)c1. The Kier molecular flexibility index (Phi) is 3.52. The fourth-order valence-electron chi connectivity index (χ4n) is 3.62. The second-order valence-electron chi connectivity index (χ2n) is 6.51. The fourth-order valence-corrected chi connectivity index (χ4v) is 3.62. The summed E-state index contributed by atoms with van der Waals surface area (Å²) < 4.78 is 2.27. The molecular formula is C18H23N3. The summed E-state index contributed by atoms with van der Waals surface area (Å²) in [5.74, 6) is 0.843. The van der Waals surface area contributed by atoms with Crippen molar-refractivity contribution in [1.29, 1.82) is 0 Å². The smallest absolute Gasteiger partial charge is 0.0949 e. The van der Waals surface area contributed by atoms with Crippen LogP contribution in [0.1, 0.15) is 55.2 Å². The number of benzene rings is 1. The average molecular weight is 281 g/mol. The summed E-state index contributed by atoms with van der Waals surface area (Å²) >= 11 is 0. The fraction of sp³-hybridized carbons (Fsp3) is 0.500. The van der Waals surface area contributed by atoms with Gasteiger partial charge in [-0.05, 0) is 49.1 Å². The molecule has 1 heterocycles. The van der Waals surface area contributed by atoms with Crippen LogP contribution in [0.4, 0.5) is 0 Å². The molecule has 3 nitrogen and oxygen atoms in total. The van der Waals surface area contributed by atoms with Crippen molar-refractivity contribution in [3.63, 3.8) is 0 Å². The van der Waals surface area contributed by atoms with Crippen LogP contribution in [-0.2, 0) is 6.54 Å². The molecule has 0 radical (unpaired) electrons. The molecule has 0 amide bonds. The molecule has 2 aromatic rings. The van der Waals surface area contributed by atoms with E-state index in [4.69, 9.17) is 0 Å². The lowest BCUT2D eigenvalue weighted by Gasteiger charge is -2.22. The van der Waals surface area contributed by atoms with Crippen LogP contribution in [0.15, 0.2) is 43.0 Å².